The molecule has 0 radical (unpaired) electrons. The van der Waals surface area contributed by atoms with E-state index in [0.29, 0.717) is 11.3 Å². The Labute approximate surface area is 125 Å². The Morgan fingerprint density at radius 2 is 2.15 bits per heavy atom. The van der Waals surface area contributed by atoms with Crippen LogP contribution in [0, 0.1) is 13.8 Å². The van der Waals surface area contributed by atoms with E-state index in [2.05, 4.69) is 36.3 Å². The average Bonchev–Trinajstić information content (AvgIpc) is 3.09. The first-order valence-electron chi connectivity index (χ1n) is 7.59. The fourth-order valence-corrected chi connectivity index (χ4v) is 4.62. The largest absolute Gasteiger partial charge is 0.394 e. The topological polar surface area (TPSA) is 45.2 Å². The molecule has 20 heavy (non-hydrogen) atoms. The van der Waals surface area contributed by atoms with Crippen LogP contribution >= 0.6 is 11.8 Å². The summed E-state index contributed by atoms with van der Waals surface area (Å²) in [4.78, 5) is 4.62. The van der Waals surface area contributed by atoms with Crippen LogP contribution < -0.4 is 5.32 Å². The van der Waals surface area contributed by atoms with Crippen molar-refractivity contribution in [2.45, 2.75) is 67.8 Å². The van der Waals surface area contributed by atoms with E-state index in [1.165, 1.54) is 24.8 Å². The van der Waals surface area contributed by atoms with E-state index in [1.54, 1.807) is 0 Å². The standard InChI is InChI=1S/C16H24N2OS/c1-11-7-12(2)17-15(8-11)20-14-5-6-16(9-14,10-19)18-13-3-4-13/h7-8,13-14,18-19H,3-6,9-10H2,1-2H3. The van der Waals surface area contributed by atoms with Gasteiger partial charge in [-0.15, -0.1) is 11.8 Å². The molecule has 0 spiro atoms. The molecule has 2 aliphatic carbocycles. The molecule has 2 fully saturated rings. The van der Waals surface area contributed by atoms with Gasteiger partial charge in [0, 0.05) is 22.5 Å². The van der Waals surface area contributed by atoms with Crippen molar-refractivity contribution >= 4 is 11.8 Å². The van der Waals surface area contributed by atoms with Gasteiger partial charge in [-0.3, -0.25) is 0 Å². The second-order valence-corrected chi connectivity index (χ2v) is 7.78. The van der Waals surface area contributed by atoms with Crippen LogP contribution in [-0.4, -0.2) is 33.5 Å². The van der Waals surface area contributed by atoms with E-state index in [4.69, 9.17) is 0 Å². The summed E-state index contributed by atoms with van der Waals surface area (Å²) in [5.41, 5.74) is 2.34. The first-order valence-corrected chi connectivity index (χ1v) is 8.47. The van der Waals surface area contributed by atoms with Gasteiger partial charge in [0.1, 0.15) is 0 Å². The van der Waals surface area contributed by atoms with E-state index in [-0.39, 0.29) is 12.1 Å². The van der Waals surface area contributed by atoms with Gasteiger partial charge in [-0.1, -0.05) is 0 Å². The third-order valence-corrected chi connectivity index (χ3v) is 5.50. The van der Waals surface area contributed by atoms with E-state index in [1.807, 2.05) is 11.8 Å². The van der Waals surface area contributed by atoms with Crippen molar-refractivity contribution in [1.82, 2.24) is 10.3 Å². The van der Waals surface area contributed by atoms with Crippen LogP contribution in [0.4, 0.5) is 0 Å². The Balaban J connectivity index is 1.64. The van der Waals surface area contributed by atoms with E-state index >= 15 is 0 Å². The van der Waals surface area contributed by atoms with Crippen LogP contribution in [0.15, 0.2) is 17.2 Å². The minimum Gasteiger partial charge on any atom is -0.394 e. The lowest BCUT2D eigenvalue weighted by Crippen LogP contribution is -2.47. The molecule has 0 saturated heterocycles. The van der Waals surface area contributed by atoms with Crippen molar-refractivity contribution in [3.8, 4) is 0 Å². The maximum absolute atomic E-state index is 9.78. The van der Waals surface area contributed by atoms with Crippen LogP contribution in [0.5, 0.6) is 0 Å². The second-order valence-electron chi connectivity index (χ2n) is 6.46. The predicted molar refractivity (Wildman–Crippen MR) is 83.2 cm³/mol. The zero-order valence-corrected chi connectivity index (χ0v) is 13.2. The van der Waals surface area contributed by atoms with Gasteiger partial charge >= 0.3 is 0 Å². The van der Waals surface area contributed by atoms with Gasteiger partial charge in [-0.05, 0) is 63.6 Å². The predicted octanol–water partition coefficient (Wildman–Crippen LogP) is 2.83. The molecule has 0 amide bonds. The molecule has 2 saturated carbocycles. The molecule has 110 valence electrons. The summed E-state index contributed by atoms with van der Waals surface area (Å²) in [6, 6.07) is 4.95. The summed E-state index contributed by atoms with van der Waals surface area (Å²) in [5, 5.41) is 15.2. The molecule has 2 aliphatic rings. The highest BCUT2D eigenvalue weighted by Gasteiger charge is 2.42. The molecule has 2 N–H and O–H groups in total. The van der Waals surface area contributed by atoms with Crippen LogP contribution in [0.2, 0.25) is 0 Å². The molecule has 2 unspecified atom stereocenters. The van der Waals surface area contributed by atoms with Crippen LogP contribution in [0.1, 0.15) is 43.4 Å². The number of aryl methyl sites for hydroxylation is 2. The maximum Gasteiger partial charge on any atom is 0.0968 e. The monoisotopic (exact) mass is 292 g/mol. The first-order chi connectivity index (χ1) is 9.58. The third kappa shape index (κ3) is 3.35. The zero-order chi connectivity index (χ0) is 14.2. The lowest BCUT2D eigenvalue weighted by molar-refractivity contribution is 0.163. The fraction of sp³-hybridized carbons (Fsp3) is 0.688. The highest BCUT2D eigenvalue weighted by molar-refractivity contribution is 7.99. The molecule has 4 heteroatoms. The molecule has 0 bridgehead atoms. The van der Waals surface area contributed by atoms with Gasteiger partial charge in [-0.2, -0.15) is 0 Å². The lowest BCUT2D eigenvalue weighted by atomic mass is 9.99. The molecule has 1 aromatic rings. The lowest BCUT2D eigenvalue weighted by Gasteiger charge is -2.28. The number of hydrogen-bond donors (Lipinski definition) is 2. The first kappa shape index (κ1) is 14.4. The number of nitrogens with zero attached hydrogens (tertiary/aromatic N) is 1. The Kier molecular flexibility index (Phi) is 4.07. The molecule has 1 heterocycles. The van der Waals surface area contributed by atoms with E-state index in [9.17, 15) is 5.11 Å². The Morgan fingerprint density at radius 3 is 2.80 bits per heavy atom. The van der Waals surface area contributed by atoms with Crippen molar-refractivity contribution in [3.63, 3.8) is 0 Å². The maximum atomic E-state index is 9.78. The molecular formula is C16H24N2OS. The van der Waals surface area contributed by atoms with Crippen molar-refractivity contribution in [2.75, 3.05) is 6.61 Å². The second kappa shape index (κ2) is 5.66. The van der Waals surface area contributed by atoms with Crippen LogP contribution in [0.25, 0.3) is 0 Å². The summed E-state index contributed by atoms with van der Waals surface area (Å²) in [5.74, 6) is 0. The van der Waals surface area contributed by atoms with Crippen molar-refractivity contribution in [2.24, 2.45) is 0 Å². The summed E-state index contributed by atoms with van der Waals surface area (Å²) in [6.07, 6.45) is 5.86. The van der Waals surface area contributed by atoms with Gasteiger partial charge in [0.25, 0.3) is 0 Å². The number of rotatable bonds is 5. The number of hydrogen-bond acceptors (Lipinski definition) is 4. The highest BCUT2D eigenvalue weighted by atomic mass is 32.2. The van der Waals surface area contributed by atoms with Gasteiger partial charge in [0.05, 0.1) is 11.6 Å². The van der Waals surface area contributed by atoms with Crippen molar-refractivity contribution in [3.05, 3.63) is 23.4 Å². The summed E-state index contributed by atoms with van der Waals surface area (Å²) in [7, 11) is 0. The molecule has 0 aromatic carbocycles. The third-order valence-electron chi connectivity index (χ3n) is 4.32. The van der Waals surface area contributed by atoms with E-state index in [0.717, 1.165) is 23.6 Å². The smallest absolute Gasteiger partial charge is 0.0968 e. The van der Waals surface area contributed by atoms with Gasteiger partial charge < -0.3 is 10.4 Å². The number of aromatic nitrogens is 1. The van der Waals surface area contributed by atoms with Crippen molar-refractivity contribution < 1.29 is 5.11 Å². The van der Waals surface area contributed by atoms with E-state index < -0.39 is 0 Å². The Hall–Kier alpha value is -0.580. The minimum atomic E-state index is -0.0301. The van der Waals surface area contributed by atoms with Gasteiger partial charge in [-0.25, -0.2) is 4.98 Å². The molecular weight excluding hydrogens is 268 g/mol. The van der Waals surface area contributed by atoms with Gasteiger partial charge in [0.2, 0.25) is 0 Å². The molecule has 3 rings (SSSR count). The summed E-state index contributed by atoms with van der Waals surface area (Å²) >= 11 is 1.88. The number of thioether (sulfide) groups is 1. The average molecular weight is 292 g/mol. The Bertz CT molecular complexity index is 469. The quantitative estimate of drug-likeness (QED) is 0.876. The molecule has 0 aliphatic heterocycles. The number of aliphatic hydroxyl groups is 1. The fourth-order valence-electron chi connectivity index (χ4n) is 3.19. The zero-order valence-electron chi connectivity index (χ0n) is 12.4. The summed E-state index contributed by atoms with van der Waals surface area (Å²) in [6.45, 7) is 4.44. The minimum absolute atomic E-state index is 0.0301. The highest BCUT2D eigenvalue weighted by Crippen LogP contribution is 2.41. The number of pyridine rings is 1. The molecule has 3 nitrogen and oxygen atoms in total. The van der Waals surface area contributed by atoms with Crippen LogP contribution in [-0.2, 0) is 0 Å². The van der Waals surface area contributed by atoms with Crippen molar-refractivity contribution in [1.29, 1.82) is 0 Å². The van der Waals surface area contributed by atoms with Crippen LogP contribution in [0.3, 0.4) is 0 Å². The normalized spacial score (nSPS) is 29.9. The Morgan fingerprint density at radius 1 is 1.35 bits per heavy atom. The summed E-state index contributed by atoms with van der Waals surface area (Å²) < 4.78 is 0. The molecule has 2 atom stereocenters. The number of aliphatic hydroxyl groups excluding tert-OH is 1. The van der Waals surface area contributed by atoms with Gasteiger partial charge in [0.15, 0.2) is 0 Å². The number of nitrogens with one attached hydrogen (secondary N) is 1. The molecule has 1 aromatic heterocycles. The SMILES string of the molecule is Cc1cc(C)nc(SC2CCC(CO)(NC3CC3)C2)c1.